The van der Waals surface area contributed by atoms with Crippen LogP contribution in [0.5, 0.6) is 0 Å². The van der Waals surface area contributed by atoms with E-state index in [4.69, 9.17) is 28.4 Å². The Morgan fingerprint density at radius 1 is 1.17 bits per heavy atom. The quantitative estimate of drug-likeness (QED) is 0.573. The molecule has 1 fully saturated rings. The van der Waals surface area contributed by atoms with Crippen LogP contribution in [0, 0.1) is 5.41 Å². The minimum Gasteiger partial charge on any atom is -0.396 e. The summed E-state index contributed by atoms with van der Waals surface area (Å²) >= 11 is 0. The van der Waals surface area contributed by atoms with Crippen LogP contribution in [0.3, 0.4) is 0 Å². The lowest BCUT2D eigenvalue weighted by atomic mass is 9.85. The summed E-state index contributed by atoms with van der Waals surface area (Å²) in [5, 5.41) is 9.57. The normalized spacial score (nSPS) is 23.9. The molecule has 1 rings (SSSR count). The van der Waals surface area contributed by atoms with E-state index in [9.17, 15) is 5.11 Å². The van der Waals surface area contributed by atoms with Crippen molar-refractivity contribution in [2.75, 3.05) is 41.0 Å². The number of hydrogen-bond acceptors (Lipinski definition) is 7. The van der Waals surface area contributed by atoms with Gasteiger partial charge in [0.15, 0.2) is 5.79 Å². The topological polar surface area (TPSA) is 75.6 Å². The van der Waals surface area contributed by atoms with Crippen molar-refractivity contribution in [2.24, 2.45) is 5.41 Å². The van der Waals surface area contributed by atoms with Crippen molar-refractivity contribution < 1.29 is 33.5 Å². The number of hydrogen-bond donors (Lipinski definition) is 1. The van der Waals surface area contributed by atoms with Crippen LogP contribution in [0.4, 0.5) is 0 Å². The molecule has 0 amide bonds. The molecule has 0 spiro atoms. The number of aliphatic hydroxyl groups excluding tert-OH is 1. The molecule has 1 saturated heterocycles. The molecule has 0 aromatic heterocycles. The third kappa shape index (κ3) is 7.01. The molecule has 23 heavy (non-hydrogen) atoms. The van der Waals surface area contributed by atoms with Crippen molar-refractivity contribution in [1.82, 2.24) is 0 Å². The van der Waals surface area contributed by atoms with Crippen LogP contribution in [0.1, 0.15) is 34.1 Å². The van der Waals surface area contributed by atoms with E-state index in [1.54, 1.807) is 14.2 Å². The average molecular weight is 336 g/mol. The zero-order valence-electron chi connectivity index (χ0n) is 15.2. The van der Waals surface area contributed by atoms with Crippen LogP contribution >= 0.6 is 0 Å². The maximum atomic E-state index is 9.57. The molecule has 0 unspecified atom stereocenters. The Morgan fingerprint density at radius 2 is 1.78 bits per heavy atom. The first-order valence-electron chi connectivity index (χ1n) is 7.88. The van der Waals surface area contributed by atoms with Crippen molar-refractivity contribution in [3.63, 3.8) is 0 Å². The number of rotatable bonds is 11. The van der Waals surface area contributed by atoms with E-state index < -0.39 is 11.9 Å². The lowest BCUT2D eigenvalue weighted by Crippen LogP contribution is -2.46. The molecule has 1 aliphatic rings. The minimum absolute atomic E-state index is 0.0460. The minimum atomic E-state index is -0.655. The van der Waals surface area contributed by atoms with E-state index in [-0.39, 0.29) is 37.8 Å². The standard InChI is InChI=1S/C16H32O7/c1-15(2,9-17)7-12(20-10-18-5)14(21-11-19-6)13-8-22-16(3,4)23-13/h12-14,17H,7-11H2,1-6H3/t12-,13+,14-/m0/s1. The van der Waals surface area contributed by atoms with Gasteiger partial charge in [-0.1, -0.05) is 13.8 Å². The SMILES string of the molecule is COCO[C@@H]([C@H](CC(C)(C)CO)OCOC)[C@H]1COC(C)(C)O1. The molecule has 1 aliphatic heterocycles. The number of ether oxygens (including phenoxy) is 6. The van der Waals surface area contributed by atoms with Crippen LogP contribution in [-0.2, 0) is 28.4 Å². The summed E-state index contributed by atoms with van der Waals surface area (Å²) in [5.41, 5.74) is -0.317. The smallest absolute Gasteiger partial charge is 0.163 e. The Kier molecular flexibility index (Phi) is 8.37. The highest BCUT2D eigenvalue weighted by Crippen LogP contribution is 2.32. The van der Waals surface area contributed by atoms with Gasteiger partial charge in [-0.25, -0.2) is 0 Å². The van der Waals surface area contributed by atoms with Gasteiger partial charge in [-0.2, -0.15) is 0 Å². The number of aliphatic hydroxyl groups is 1. The first kappa shape index (κ1) is 20.8. The molecule has 138 valence electrons. The average Bonchev–Trinajstić information content (AvgIpc) is 2.84. The van der Waals surface area contributed by atoms with Gasteiger partial charge in [-0.15, -0.1) is 0 Å². The second-order valence-corrected chi connectivity index (χ2v) is 7.04. The lowest BCUT2D eigenvalue weighted by Gasteiger charge is -2.35. The molecule has 7 heteroatoms. The van der Waals surface area contributed by atoms with Gasteiger partial charge >= 0.3 is 0 Å². The molecule has 3 atom stereocenters. The predicted octanol–water partition coefficient (Wildman–Crippen LogP) is 1.52. The predicted molar refractivity (Wildman–Crippen MR) is 83.9 cm³/mol. The second kappa shape index (κ2) is 9.27. The summed E-state index contributed by atoms with van der Waals surface area (Å²) in [6.45, 7) is 8.39. The van der Waals surface area contributed by atoms with Crippen LogP contribution in [0.15, 0.2) is 0 Å². The second-order valence-electron chi connectivity index (χ2n) is 7.04. The van der Waals surface area contributed by atoms with Gasteiger partial charge in [0.2, 0.25) is 0 Å². The summed E-state index contributed by atoms with van der Waals surface area (Å²) in [7, 11) is 3.13. The van der Waals surface area contributed by atoms with Gasteiger partial charge in [0.05, 0.1) is 12.7 Å². The maximum Gasteiger partial charge on any atom is 0.163 e. The monoisotopic (exact) mass is 336 g/mol. The van der Waals surface area contributed by atoms with Gasteiger partial charge in [0.25, 0.3) is 0 Å². The molecule has 0 aliphatic carbocycles. The molecule has 0 aromatic carbocycles. The van der Waals surface area contributed by atoms with E-state index in [0.717, 1.165) is 0 Å². The molecule has 0 bridgehead atoms. The fraction of sp³-hybridized carbons (Fsp3) is 1.00. The van der Waals surface area contributed by atoms with Gasteiger partial charge in [0, 0.05) is 20.8 Å². The first-order chi connectivity index (χ1) is 10.7. The first-order valence-corrected chi connectivity index (χ1v) is 7.88. The van der Waals surface area contributed by atoms with E-state index in [1.807, 2.05) is 27.7 Å². The molecule has 1 N–H and O–H groups in total. The summed E-state index contributed by atoms with van der Waals surface area (Å²) in [4.78, 5) is 0. The van der Waals surface area contributed by atoms with Crippen LogP contribution < -0.4 is 0 Å². The van der Waals surface area contributed by atoms with Gasteiger partial charge in [0.1, 0.15) is 25.8 Å². The van der Waals surface area contributed by atoms with Crippen LogP contribution in [0.2, 0.25) is 0 Å². The summed E-state index contributed by atoms with van der Waals surface area (Å²) < 4.78 is 33.3. The molecule has 0 radical (unpaired) electrons. The third-order valence-corrected chi connectivity index (χ3v) is 3.72. The van der Waals surface area contributed by atoms with Gasteiger partial charge in [-0.05, 0) is 25.7 Å². The van der Waals surface area contributed by atoms with Gasteiger partial charge < -0.3 is 33.5 Å². The molecular weight excluding hydrogens is 304 g/mol. The van der Waals surface area contributed by atoms with Crippen LogP contribution in [-0.4, -0.2) is 70.2 Å². The fourth-order valence-electron chi connectivity index (χ4n) is 2.51. The molecule has 0 aromatic rings. The molecule has 7 nitrogen and oxygen atoms in total. The zero-order valence-corrected chi connectivity index (χ0v) is 15.2. The Labute approximate surface area is 139 Å². The van der Waals surface area contributed by atoms with Crippen molar-refractivity contribution in [3.05, 3.63) is 0 Å². The summed E-state index contributed by atoms with van der Waals surface area (Å²) in [6, 6.07) is 0. The van der Waals surface area contributed by atoms with Crippen molar-refractivity contribution in [1.29, 1.82) is 0 Å². The van der Waals surface area contributed by atoms with Crippen molar-refractivity contribution >= 4 is 0 Å². The Balaban J connectivity index is 2.87. The van der Waals surface area contributed by atoms with Crippen LogP contribution in [0.25, 0.3) is 0 Å². The maximum absolute atomic E-state index is 9.57. The summed E-state index contributed by atoms with van der Waals surface area (Å²) in [5.74, 6) is -0.655. The molecule has 0 saturated carbocycles. The highest BCUT2D eigenvalue weighted by Gasteiger charge is 2.43. The zero-order chi connectivity index (χ0) is 17.5. The van der Waals surface area contributed by atoms with Gasteiger partial charge in [-0.3, -0.25) is 0 Å². The third-order valence-electron chi connectivity index (χ3n) is 3.72. The lowest BCUT2D eigenvalue weighted by molar-refractivity contribution is -0.210. The van der Waals surface area contributed by atoms with E-state index in [0.29, 0.717) is 13.0 Å². The molecular formula is C16H32O7. The Morgan fingerprint density at radius 3 is 2.26 bits per heavy atom. The van der Waals surface area contributed by atoms with Crippen molar-refractivity contribution in [3.8, 4) is 0 Å². The van der Waals surface area contributed by atoms with E-state index in [1.165, 1.54) is 0 Å². The largest absolute Gasteiger partial charge is 0.396 e. The molecule has 1 heterocycles. The van der Waals surface area contributed by atoms with Crippen molar-refractivity contribution in [2.45, 2.75) is 58.2 Å². The highest BCUT2D eigenvalue weighted by molar-refractivity contribution is 4.87. The Hall–Kier alpha value is -0.280. The fourth-order valence-corrected chi connectivity index (χ4v) is 2.51. The summed E-state index contributed by atoms with van der Waals surface area (Å²) in [6.07, 6.45) is -0.411. The van der Waals surface area contributed by atoms with E-state index >= 15 is 0 Å². The highest BCUT2D eigenvalue weighted by atomic mass is 16.8. The van der Waals surface area contributed by atoms with E-state index in [2.05, 4.69) is 0 Å². The Bertz CT molecular complexity index is 332. The number of methoxy groups -OCH3 is 2.